The van der Waals surface area contributed by atoms with Gasteiger partial charge in [0.15, 0.2) is 0 Å². The van der Waals surface area contributed by atoms with Gasteiger partial charge in [-0.25, -0.2) is 4.79 Å². The van der Waals surface area contributed by atoms with Gasteiger partial charge in [-0.1, -0.05) is 6.58 Å². The zero-order chi connectivity index (χ0) is 14.0. The average Bonchev–Trinajstić information content (AvgIpc) is 2.36. The fraction of sp³-hybridized carbons (Fsp3) is 0.750. The summed E-state index contributed by atoms with van der Waals surface area (Å²) in [7, 11) is 1.51. The molecule has 0 radical (unpaired) electrons. The molecule has 0 rings (SSSR count). The number of esters is 1. The van der Waals surface area contributed by atoms with E-state index in [2.05, 4.69) is 13.1 Å². The molecule has 0 amide bonds. The first-order valence-electron chi connectivity index (χ1n) is 5.96. The molecule has 0 fully saturated rings. The summed E-state index contributed by atoms with van der Waals surface area (Å²) in [5.74, 6) is 1.53. The van der Waals surface area contributed by atoms with Crippen LogP contribution >= 0.6 is 11.8 Å². The van der Waals surface area contributed by atoms with Crippen LogP contribution in [0.2, 0.25) is 12.6 Å². The van der Waals surface area contributed by atoms with Crippen LogP contribution in [0.25, 0.3) is 0 Å². The van der Waals surface area contributed by atoms with Crippen LogP contribution in [0, 0.1) is 0 Å². The van der Waals surface area contributed by atoms with Crippen molar-refractivity contribution in [3.05, 3.63) is 12.2 Å². The van der Waals surface area contributed by atoms with E-state index >= 15 is 0 Å². The number of hydrogen-bond donors (Lipinski definition) is 0. The Hall–Kier alpha value is -0.303. The molecule has 0 N–H and O–H groups in total. The van der Waals surface area contributed by atoms with Gasteiger partial charge in [-0.2, -0.15) is 11.8 Å². The summed E-state index contributed by atoms with van der Waals surface area (Å²) in [6.45, 7) is 7.68. The van der Waals surface area contributed by atoms with E-state index in [4.69, 9.17) is 13.6 Å². The maximum Gasteiger partial charge on any atom is 0.334 e. The molecule has 0 aliphatic carbocycles. The fourth-order valence-electron chi connectivity index (χ4n) is 1.20. The third-order valence-electron chi connectivity index (χ3n) is 2.59. The van der Waals surface area contributed by atoms with Crippen LogP contribution in [0.1, 0.15) is 13.3 Å². The van der Waals surface area contributed by atoms with Gasteiger partial charge in [-0.05, 0) is 31.7 Å². The minimum atomic E-state index is -1.91. The number of carbonyl (C=O) groups is 1. The molecule has 4 nitrogen and oxygen atoms in total. The molecule has 0 heterocycles. The van der Waals surface area contributed by atoms with E-state index in [1.54, 1.807) is 32.9 Å². The van der Waals surface area contributed by atoms with Crippen molar-refractivity contribution in [1.29, 1.82) is 0 Å². The second kappa shape index (κ2) is 9.60. The quantitative estimate of drug-likeness (QED) is 0.268. The maximum atomic E-state index is 11.1. The number of thioether (sulfide) groups is 1. The number of ether oxygens (including phenoxy) is 1. The Morgan fingerprint density at radius 3 is 2.39 bits per heavy atom. The SMILES string of the molecule is C=C(C)C(=O)OCCSCCC[Si](C)(OC)OC. The third kappa shape index (κ3) is 7.92. The standard InChI is InChI=1S/C12H24O4SSi/c1-11(2)12(13)16-7-9-17-8-6-10-18(5,14-3)15-4/h1,6-10H2,2-5H3. The first-order chi connectivity index (χ1) is 8.45. The summed E-state index contributed by atoms with van der Waals surface area (Å²) in [5.41, 5.74) is 0.446. The number of hydrogen-bond acceptors (Lipinski definition) is 5. The fourth-order valence-corrected chi connectivity index (χ4v) is 3.61. The molecule has 0 spiro atoms. The first kappa shape index (κ1) is 17.7. The molecule has 0 unspecified atom stereocenters. The van der Waals surface area contributed by atoms with Crippen LogP contribution in [0.3, 0.4) is 0 Å². The minimum absolute atomic E-state index is 0.311. The highest BCUT2D eigenvalue weighted by Crippen LogP contribution is 2.16. The number of rotatable bonds is 10. The highest BCUT2D eigenvalue weighted by molar-refractivity contribution is 7.99. The average molecular weight is 292 g/mol. The Kier molecular flexibility index (Phi) is 9.44. The summed E-state index contributed by atoms with van der Waals surface area (Å²) < 4.78 is 15.8. The van der Waals surface area contributed by atoms with Gasteiger partial charge in [0.25, 0.3) is 0 Å². The summed E-state index contributed by atoms with van der Waals surface area (Å²) in [4.78, 5) is 11.1. The molecule has 0 aromatic rings. The predicted molar refractivity (Wildman–Crippen MR) is 78.2 cm³/mol. The smallest absolute Gasteiger partial charge is 0.334 e. The van der Waals surface area contributed by atoms with E-state index in [0.717, 1.165) is 24.0 Å². The van der Waals surface area contributed by atoms with E-state index in [1.165, 1.54) is 0 Å². The van der Waals surface area contributed by atoms with E-state index in [9.17, 15) is 4.79 Å². The van der Waals surface area contributed by atoms with Crippen molar-refractivity contribution in [3.8, 4) is 0 Å². The molecule has 106 valence electrons. The van der Waals surface area contributed by atoms with E-state index in [-0.39, 0.29) is 5.97 Å². The molecular formula is C12H24O4SSi. The van der Waals surface area contributed by atoms with Gasteiger partial charge in [0.1, 0.15) is 6.61 Å². The summed E-state index contributed by atoms with van der Waals surface area (Å²) >= 11 is 1.77. The van der Waals surface area contributed by atoms with Gasteiger partial charge >= 0.3 is 14.5 Å². The molecule has 0 aromatic heterocycles. The van der Waals surface area contributed by atoms with Crippen molar-refractivity contribution in [1.82, 2.24) is 0 Å². The molecule has 6 heteroatoms. The molecule has 18 heavy (non-hydrogen) atoms. The molecule has 0 atom stereocenters. The second-order valence-corrected chi connectivity index (χ2v) is 8.98. The Morgan fingerprint density at radius 2 is 1.89 bits per heavy atom. The molecule has 0 aromatic carbocycles. The lowest BCUT2D eigenvalue weighted by atomic mass is 10.4. The van der Waals surface area contributed by atoms with Gasteiger partial charge in [0.05, 0.1) is 0 Å². The zero-order valence-electron chi connectivity index (χ0n) is 11.8. The molecule has 0 bridgehead atoms. The van der Waals surface area contributed by atoms with Crippen LogP contribution in [0.4, 0.5) is 0 Å². The predicted octanol–water partition coefficient (Wildman–Crippen LogP) is 2.59. The highest BCUT2D eigenvalue weighted by atomic mass is 32.2. The van der Waals surface area contributed by atoms with Gasteiger partial charge in [0, 0.05) is 25.5 Å². The number of carbonyl (C=O) groups excluding carboxylic acids is 1. The third-order valence-corrected chi connectivity index (χ3v) is 6.61. The van der Waals surface area contributed by atoms with Crippen LogP contribution in [0.15, 0.2) is 12.2 Å². The Balaban J connectivity index is 3.47. The monoisotopic (exact) mass is 292 g/mol. The summed E-state index contributed by atoms with van der Waals surface area (Å²) in [5, 5.41) is 0. The molecule has 0 saturated carbocycles. The molecule has 0 aliphatic rings. The zero-order valence-corrected chi connectivity index (χ0v) is 13.6. The van der Waals surface area contributed by atoms with Gasteiger partial charge in [-0.3, -0.25) is 0 Å². The van der Waals surface area contributed by atoms with Gasteiger partial charge < -0.3 is 13.6 Å². The minimum Gasteiger partial charge on any atom is -0.461 e. The van der Waals surface area contributed by atoms with Crippen LogP contribution < -0.4 is 0 Å². The topological polar surface area (TPSA) is 44.8 Å². The van der Waals surface area contributed by atoms with Crippen molar-refractivity contribution in [2.24, 2.45) is 0 Å². The Morgan fingerprint density at radius 1 is 1.28 bits per heavy atom. The maximum absolute atomic E-state index is 11.1. The van der Waals surface area contributed by atoms with Gasteiger partial charge in [-0.15, -0.1) is 0 Å². The highest BCUT2D eigenvalue weighted by Gasteiger charge is 2.27. The first-order valence-corrected chi connectivity index (χ1v) is 9.63. The van der Waals surface area contributed by atoms with Crippen molar-refractivity contribution in [3.63, 3.8) is 0 Å². The van der Waals surface area contributed by atoms with E-state index in [1.807, 2.05) is 0 Å². The lowest BCUT2D eigenvalue weighted by molar-refractivity contribution is -0.138. The second-order valence-electron chi connectivity index (χ2n) is 4.17. The van der Waals surface area contributed by atoms with Gasteiger partial charge in [0.2, 0.25) is 0 Å². The van der Waals surface area contributed by atoms with Crippen molar-refractivity contribution in [2.45, 2.75) is 25.9 Å². The van der Waals surface area contributed by atoms with Crippen LogP contribution in [0.5, 0.6) is 0 Å². The molecule has 0 aliphatic heterocycles. The summed E-state index contributed by atoms with van der Waals surface area (Å²) in [6, 6.07) is 0.985. The van der Waals surface area contributed by atoms with Crippen molar-refractivity contribution in [2.75, 3.05) is 32.3 Å². The normalized spacial score (nSPS) is 11.3. The molecule has 0 saturated heterocycles. The Bertz CT molecular complexity index is 267. The van der Waals surface area contributed by atoms with Crippen LogP contribution in [-0.4, -0.2) is 46.9 Å². The van der Waals surface area contributed by atoms with Crippen LogP contribution in [-0.2, 0) is 18.4 Å². The Labute approximate surface area is 115 Å². The van der Waals surface area contributed by atoms with E-state index in [0.29, 0.717) is 12.2 Å². The van der Waals surface area contributed by atoms with E-state index < -0.39 is 8.56 Å². The molecular weight excluding hydrogens is 268 g/mol. The summed E-state index contributed by atoms with van der Waals surface area (Å²) in [6.07, 6.45) is 1.06. The van der Waals surface area contributed by atoms with Crippen molar-refractivity contribution >= 4 is 26.3 Å². The van der Waals surface area contributed by atoms with Crippen molar-refractivity contribution < 1.29 is 18.4 Å². The largest absolute Gasteiger partial charge is 0.461 e. The lowest BCUT2D eigenvalue weighted by Crippen LogP contribution is -2.35. The lowest BCUT2D eigenvalue weighted by Gasteiger charge is -2.22.